The Balaban J connectivity index is 2.72. The van der Waals surface area contributed by atoms with Crippen LogP contribution < -0.4 is 0 Å². The third kappa shape index (κ3) is 3.17. The van der Waals surface area contributed by atoms with Crippen LogP contribution in [0.2, 0.25) is 0 Å². The smallest absolute Gasteiger partial charge is 0.335 e. The number of hydrogen-bond acceptors (Lipinski definition) is 2. The van der Waals surface area contributed by atoms with Gasteiger partial charge in [0.25, 0.3) is 0 Å². The summed E-state index contributed by atoms with van der Waals surface area (Å²) in [7, 11) is 0. The summed E-state index contributed by atoms with van der Waals surface area (Å²) in [6, 6.07) is 3.55. The first-order valence-electron chi connectivity index (χ1n) is 7.99. The molecule has 0 unspecified atom stereocenters. The van der Waals surface area contributed by atoms with Gasteiger partial charge in [-0.3, -0.25) is 0 Å². The first kappa shape index (κ1) is 16.6. The quantitative estimate of drug-likeness (QED) is 0.818. The highest BCUT2D eigenvalue weighted by Gasteiger charge is 2.17. The molecule has 0 saturated carbocycles. The number of aliphatic hydroxyl groups excluding tert-OH is 1. The van der Waals surface area contributed by atoms with Gasteiger partial charge >= 0.3 is 5.97 Å². The average Bonchev–Trinajstić information content (AvgIpc) is 2.82. The highest BCUT2D eigenvalue weighted by atomic mass is 16.4. The van der Waals surface area contributed by atoms with Crippen molar-refractivity contribution in [2.75, 3.05) is 6.61 Å². The number of benzene rings is 1. The number of aromatic carboxylic acids is 1. The van der Waals surface area contributed by atoms with E-state index in [1.807, 2.05) is 0 Å². The van der Waals surface area contributed by atoms with Crippen LogP contribution in [0.1, 0.15) is 61.0 Å². The minimum atomic E-state index is -0.889. The van der Waals surface area contributed by atoms with Gasteiger partial charge in [-0.05, 0) is 42.0 Å². The van der Waals surface area contributed by atoms with E-state index in [0.717, 1.165) is 35.7 Å². The lowest BCUT2D eigenvalue weighted by Gasteiger charge is -2.13. The zero-order valence-corrected chi connectivity index (χ0v) is 13.6. The van der Waals surface area contributed by atoms with Crippen molar-refractivity contribution in [3.05, 3.63) is 35.0 Å². The second-order valence-electron chi connectivity index (χ2n) is 6.10. The molecule has 0 bridgehead atoms. The van der Waals surface area contributed by atoms with E-state index in [-0.39, 0.29) is 12.5 Å². The van der Waals surface area contributed by atoms with Crippen molar-refractivity contribution >= 4 is 16.9 Å². The largest absolute Gasteiger partial charge is 0.478 e. The fraction of sp³-hybridized carbons (Fsp3) is 0.500. The normalized spacial score (nSPS) is 11.5. The van der Waals surface area contributed by atoms with Crippen LogP contribution in [0.15, 0.2) is 18.3 Å². The molecule has 0 aliphatic heterocycles. The van der Waals surface area contributed by atoms with Gasteiger partial charge in [0.05, 0.1) is 17.7 Å². The highest BCUT2D eigenvalue weighted by molar-refractivity contribution is 5.97. The number of hydrogen-bond donors (Lipinski definition) is 2. The Morgan fingerprint density at radius 2 is 2.05 bits per heavy atom. The molecule has 120 valence electrons. The third-order valence-electron chi connectivity index (χ3n) is 4.09. The predicted octanol–water partition coefficient (Wildman–Crippen LogP) is 3.80. The fourth-order valence-corrected chi connectivity index (χ4v) is 2.96. The Bertz CT molecular complexity index is 671. The summed E-state index contributed by atoms with van der Waals surface area (Å²) < 4.78 is 2.07. The highest BCUT2D eigenvalue weighted by Crippen LogP contribution is 2.32. The summed E-state index contributed by atoms with van der Waals surface area (Å²) in [5.74, 6) is -0.659. The molecular formula is C18H25NO3. The molecule has 0 saturated heterocycles. The Hall–Kier alpha value is -1.81. The first-order chi connectivity index (χ1) is 10.5. The standard InChI is InChI=1S/C18H25NO3/c1-4-5-6-13-11-19(7-8-20)17-15(12(2)3)9-14(18(21)22)10-16(13)17/h9-12,20H,4-8H2,1-3H3,(H,21,22). The van der Waals surface area contributed by atoms with Crippen molar-refractivity contribution in [1.82, 2.24) is 4.57 Å². The molecule has 1 heterocycles. The number of carboxylic acids is 1. The second-order valence-corrected chi connectivity index (χ2v) is 6.10. The van der Waals surface area contributed by atoms with Gasteiger partial charge in [0, 0.05) is 18.1 Å². The molecule has 0 radical (unpaired) electrons. The maximum absolute atomic E-state index is 11.4. The van der Waals surface area contributed by atoms with E-state index in [4.69, 9.17) is 0 Å². The van der Waals surface area contributed by atoms with Crippen LogP contribution in [0.25, 0.3) is 10.9 Å². The Labute approximate surface area is 131 Å². The minimum Gasteiger partial charge on any atom is -0.478 e. The lowest BCUT2D eigenvalue weighted by atomic mass is 9.95. The Morgan fingerprint density at radius 3 is 2.59 bits per heavy atom. The van der Waals surface area contributed by atoms with Gasteiger partial charge in [-0.1, -0.05) is 27.2 Å². The van der Waals surface area contributed by atoms with E-state index in [2.05, 4.69) is 31.5 Å². The number of aromatic nitrogens is 1. The topological polar surface area (TPSA) is 62.5 Å². The van der Waals surface area contributed by atoms with Gasteiger partial charge in [0.2, 0.25) is 0 Å². The molecule has 2 N–H and O–H groups in total. The van der Waals surface area contributed by atoms with Crippen LogP contribution in [0.3, 0.4) is 0 Å². The first-order valence-corrected chi connectivity index (χ1v) is 7.99. The van der Waals surface area contributed by atoms with Gasteiger partial charge in [0.1, 0.15) is 0 Å². The van der Waals surface area contributed by atoms with E-state index in [0.29, 0.717) is 12.1 Å². The van der Waals surface area contributed by atoms with Gasteiger partial charge < -0.3 is 14.8 Å². The van der Waals surface area contributed by atoms with Crippen molar-refractivity contribution in [3.8, 4) is 0 Å². The molecule has 0 aliphatic rings. The van der Waals surface area contributed by atoms with Crippen LogP contribution in [0, 0.1) is 0 Å². The zero-order valence-electron chi connectivity index (χ0n) is 13.6. The van der Waals surface area contributed by atoms with E-state index in [1.54, 1.807) is 12.1 Å². The maximum atomic E-state index is 11.4. The lowest BCUT2D eigenvalue weighted by Crippen LogP contribution is -2.05. The van der Waals surface area contributed by atoms with Crippen molar-refractivity contribution < 1.29 is 15.0 Å². The minimum absolute atomic E-state index is 0.0786. The molecule has 1 aromatic heterocycles. The molecule has 0 amide bonds. The van der Waals surface area contributed by atoms with E-state index in [9.17, 15) is 15.0 Å². The molecular weight excluding hydrogens is 278 g/mol. The molecule has 1 aromatic carbocycles. The maximum Gasteiger partial charge on any atom is 0.335 e. The van der Waals surface area contributed by atoms with Crippen LogP contribution in [0.4, 0.5) is 0 Å². The molecule has 0 fully saturated rings. The molecule has 22 heavy (non-hydrogen) atoms. The van der Waals surface area contributed by atoms with Gasteiger partial charge in [0.15, 0.2) is 0 Å². The molecule has 2 aromatic rings. The predicted molar refractivity (Wildman–Crippen MR) is 88.7 cm³/mol. The summed E-state index contributed by atoms with van der Waals surface area (Å²) in [4.78, 5) is 11.4. The summed E-state index contributed by atoms with van der Waals surface area (Å²) in [6.07, 6.45) is 5.19. The summed E-state index contributed by atoms with van der Waals surface area (Å²) in [5.41, 5.74) is 3.62. The van der Waals surface area contributed by atoms with Crippen LogP contribution >= 0.6 is 0 Å². The number of fused-ring (bicyclic) bond motifs is 1. The molecule has 4 heteroatoms. The number of aryl methyl sites for hydroxylation is 1. The average molecular weight is 303 g/mol. The van der Waals surface area contributed by atoms with Crippen molar-refractivity contribution in [1.29, 1.82) is 0 Å². The van der Waals surface area contributed by atoms with E-state index >= 15 is 0 Å². The fourth-order valence-electron chi connectivity index (χ4n) is 2.96. The summed E-state index contributed by atoms with van der Waals surface area (Å²) >= 11 is 0. The van der Waals surface area contributed by atoms with E-state index in [1.165, 1.54) is 5.56 Å². The van der Waals surface area contributed by atoms with Crippen LogP contribution in [-0.4, -0.2) is 27.4 Å². The van der Waals surface area contributed by atoms with Gasteiger partial charge in [-0.25, -0.2) is 4.79 Å². The molecule has 0 spiro atoms. The van der Waals surface area contributed by atoms with E-state index < -0.39 is 5.97 Å². The molecule has 0 atom stereocenters. The molecule has 0 aliphatic carbocycles. The summed E-state index contributed by atoms with van der Waals surface area (Å²) in [6.45, 7) is 6.91. The van der Waals surface area contributed by atoms with Crippen molar-refractivity contribution in [2.24, 2.45) is 0 Å². The van der Waals surface area contributed by atoms with Gasteiger partial charge in [-0.2, -0.15) is 0 Å². The number of carbonyl (C=O) groups is 1. The second kappa shape index (κ2) is 6.97. The third-order valence-corrected chi connectivity index (χ3v) is 4.09. The molecule has 2 rings (SSSR count). The summed E-state index contributed by atoms with van der Waals surface area (Å²) in [5, 5.41) is 19.7. The number of nitrogens with zero attached hydrogens (tertiary/aromatic N) is 1. The lowest BCUT2D eigenvalue weighted by molar-refractivity contribution is 0.0697. The van der Waals surface area contributed by atoms with Crippen LogP contribution in [0.5, 0.6) is 0 Å². The van der Waals surface area contributed by atoms with Gasteiger partial charge in [-0.15, -0.1) is 0 Å². The number of carboxylic acid groups (broad SMARTS) is 1. The monoisotopic (exact) mass is 303 g/mol. The SMILES string of the molecule is CCCCc1cn(CCO)c2c(C(C)C)cc(C(=O)O)cc12. The number of unbranched alkanes of at least 4 members (excludes halogenated alkanes) is 1. The molecule has 4 nitrogen and oxygen atoms in total. The Kier molecular flexibility index (Phi) is 5.24. The Morgan fingerprint density at radius 1 is 1.32 bits per heavy atom. The van der Waals surface area contributed by atoms with Crippen molar-refractivity contribution in [2.45, 2.75) is 52.5 Å². The van der Waals surface area contributed by atoms with Crippen LogP contribution in [-0.2, 0) is 13.0 Å². The number of aliphatic hydroxyl groups is 1. The van der Waals surface area contributed by atoms with Crippen molar-refractivity contribution in [3.63, 3.8) is 0 Å². The number of rotatable bonds is 7. The zero-order chi connectivity index (χ0) is 16.3.